The second-order valence-electron chi connectivity index (χ2n) is 6.01. The van der Waals surface area contributed by atoms with Crippen molar-refractivity contribution in [1.82, 2.24) is 5.32 Å². The number of amides is 4. The Balaban J connectivity index is 1.60. The highest BCUT2D eigenvalue weighted by Gasteiger charge is 2.37. The van der Waals surface area contributed by atoms with Crippen molar-refractivity contribution in [2.24, 2.45) is 0 Å². The van der Waals surface area contributed by atoms with E-state index in [1.807, 2.05) is 30.3 Å². The number of hydrogen-bond acceptors (Lipinski definition) is 5. The number of benzene rings is 2. The zero-order valence-electron chi connectivity index (χ0n) is 14.8. The van der Waals surface area contributed by atoms with Crippen LogP contribution in [0.15, 0.2) is 86.7 Å². The summed E-state index contributed by atoms with van der Waals surface area (Å²) in [5, 5.41) is 3.24. The van der Waals surface area contributed by atoms with E-state index in [1.165, 1.54) is 30.0 Å². The molecule has 1 saturated heterocycles. The SMILES string of the molecule is O=C1NC(=O)N(c2ccc(Cl)cc2)C(=O)C1=Cc1ccc(Sc2ccccc2)o1. The largest absolute Gasteiger partial charge is 0.450 e. The Kier molecular flexibility index (Phi) is 5.24. The predicted molar refractivity (Wildman–Crippen MR) is 110 cm³/mol. The van der Waals surface area contributed by atoms with Crippen LogP contribution in [0.4, 0.5) is 10.5 Å². The second-order valence-corrected chi connectivity index (χ2v) is 7.52. The third kappa shape index (κ3) is 4.11. The number of rotatable bonds is 4. The number of furan rings is 1. The van der Waals surface area contributed by atoms with Crippen LogP contribution in [0.3, 0.4) is 0 Å². The van der Waals surface area contributed by atoms with Gasteiger partial charge in [-0.15, -0.1) is 0 Å². The number of carbonyl (C=O) groups excluding carboxylic acids is 3. The lowest BCUT2D eigenvalue weighted by atomic mass is 10.1. The molecular formula is C21H13ClN2O4S. The Bertz CT molecular complexity index is 1120. The van der Waals surface area contributed by atoms with Gasteiger partial charge < -0.3 is 4.42 Å². The molecule has 4 rings (SSSR count). The van der Waals surface area contributed by atoms with Crippen molar-refractivity contribution in [3.05, 3.63) is 83.1 Å². The van der Waals surface area contributed by atoms with Gasteiger partial charge in [0, 0.05) is 9.92 Å². The molecule has 2 aromatic carbocycles. The second kappa shape index (κ2) is 7.98. The standard InChI is InChI=1S/C21H13ClN2O4S/c22-13-6-8-14(9-7-13)24-20(26)17(19(25)23-21(24)27)12-15-10-11-18(28-15)29-16-4-2-1-3-5-16/h1-12H,(H,23,25,27). The molecule has 0 radical (unpaired) electrons. The minimum Gasteiger partial charge on any atom is -0.450 e. The molecule has 0 atom stereocenters. The summed E-state index contributed by atoms with van der Waals surface area (Å²) < 4.78 is 5.70. The highest BCUT2D eigenvalue weighted by Crippen LogP contribution is 2.30. The van der Waals surface area contributed by atoms with Gasteiger partial charge in [0.1, 0.15) is 11.3 Å². The topological polar surface area (TPSA) is 79.6 Å². The molecule has 1 fully saturated rings. The molecule has 0 saturated carbocycles. The Hall–Kier alpha value is -3.29. The van der Waals surface area contributed by atoms with Gasteiger partial charge in [0.25, 0.3) is 11.8 Å². The smallest absolute Gasteiger partial charge is 0.335 e. The molecule has 0 spiro atoms. The summed E-state index contributed by atoms with van der Waals surface area (Å²) in [7, 11) is 0. The van der Waals surface area contributed by atoms with E-state index in [1.54, 1.807) is 24.3 Å². The van der Waals surface area contributed by atoms with Crippen molar-refractivity contribution in [3.8, 4) is 0 Å². The predicted octanol–water partition coefficient (Wildman–Crippen LogP) is 4.75. The number of nitrogens with one attached hydrogen (secondary N) is 1. The number of hydrogen-bond donors (Lipinski definition) is 1. The summed E-state index contributed by atoms with van der Waals surface area (Å²) in [6.45, 7) is 0. The van der Waals surface area contributed by atoms with E-state index in [0.717, 1.165) is 9.80 Å². The van der Waals surface area contributed by atoms with Crippen molar-refractivity contribution in [2.75, 3.05) is 4.90 Å². The molecule has 3 aromatic rings. The van der Waals surface area contributed by atoms with Crippen molar-refractivity contribution in [1.29, 1.82) is 0 Å². The summed E-state index contributed by atoms with van der Waals surface area (Å²) in [4.78, 5) is 39.1. The van der Waals surface area contributed by atoms with E-state index in [4.69, 9.17) is 16.0 Å². The first kappa shape index (κ1) is 19.0. The van der Waals surface area contributed by atoms with Gasteiger partial charge in [-0.1, -0.05) is 41.6 Å². The van der Waals surface area contributed by atoms with E-state index < -0.39 is 17.8 Å². The van der Waals surface area contributed by atoms with E-state index in [0.29, 0.717) is 21.6 Å². The summed E-state index contributed by atoms with van der Waals surface area (Å²) in [5.41, 5.74) is 0.0974. The molecule has 0 bridgehead atoms. The number of urea groups is 1. The monoisotopic (exact) mass is 424 g/mol. The quantitative estimate of drug-likeness (QED) is 0.483. The number of nitrogens with zero attached hydrogens (tertiary/aromatic N) is 1. The van der Waals surface area contributed by atoms with E-state index >= 15 is 0 Å². The molecule has 4 amide bonds. The highest BCUT2D eigenvalue weighted by atomic mass is 35.5. The van der Waals surface area contributed by atoms with Crippen molar-refractivity contribution < 1.29 is 18.8 Å². The molecule has 1 aromatic heterocycles. The normalized spacial score (nSPS) is 15.7. The number of imide groups is 2. The zero-order chi connectivity index (χ0) is 20.4. The average molecular weight is 425 g/mol. The minimum atomic E-state index is -0.820. The number of carbonyl (C=O) groups is 3. The maximum atomic E-state index is 12.8. The highest BCUT2D eigenvalue weighted by molar-refractivity contribution is 7.99. The Morgan fingerprint density at radius 1 is 0.931 bits per heavy atom. The molecule has 8 heteroatoms. The maximum absolute atomic E-state index is 12.8. The molecule has 6 nitrogen and oxygen atoms in total. The first-order valence-electron chi connectivity index (χ1n) is 8.51. The van der Waals surface area contributed by atoms with E-state index in [-0.39, 0.29) is 5.57 Å². The number of anilines is 1. The summed E-state index contributed by atoms with van der Waals surface area (Å²) in [5.74, 6) is -1.19. The van der Waals surface area contributed by atoms with Crippen LogP contribution in [-0.4, -0.2) is 17.8 Å². The fourth-order valence-electron chi connectivity index (χ4n) is 2.70. The van der Waals surface area contributed by atoms with Gasteiger partial charge in [0.2, 0.25) is 0 Å². The van der Waals surface area contributed by atoms with Crippen LogP contribution in [0, 0.1) is 0 Å². The van der Waals surface area contributed by atoms with Crippen LogP contribution in [0.25, 0.3) is 6.08 Å². The minimum absolute atomic E-state index is 0.204. The van der Waals surface area contributed by atoms with Crippen LogP contribution in [0.1, 0.15) is 5.76 Å². The molecule has 1 aliphatic heterocycles. The van der Waals surface area contributed by atoms with Gasteiger partial charge in [0.15, 0.2) is 5.09 Å². The lowest BCUT2D eigenvalue weighted by Gasteiger charge is -2.26. The number of halogens is 1. The van der Waals surface area contributed by atoms with Crippen LogP contribution >= 0.6 is 23.4 Å². The van der Waals surface area contributed by atoms with Crippen LogP contribution < -0.4 is 10.2 Å². The fourth-order valence-corrected chi connectivity index (χ4v) is 3.62. The number of barbiturate groups is 1. The zero-order valence-corrected chi connectivity index (χ0v) is 16.4. The first-order valence-corrected chi connectivity index (χ1v) is 9.70. The van der Waals surface area contributed by atoms with Gasteiger partial charge in [-0.05, 0) is 54.6 Å². The Morgan fingerprint density at radius 2 is 1.66 bits per heavy atom. The van der Waals surface area contributed by atoms with Gasteiger partial charge in [-0.2, -0.15) is 0 Å². The van der Waals surface area contributed by atoms with Crippen molar-refractivity contribution in [2.45, 2.75) is 9.99 Å². The summed E-state index contributed by atoms with van der Waals surface area (Å²) in [6, 6.07) is 18.4. The van der Waals surface area contributed by atoms with Crippen molar-refractivity contribution in [3.63, 3.8) is 0 Å². The Morgan fingerprint density at radius 3 is 2.38 bits per heavy atom. The van der Waals surface area contributed by atoms with E-state index in [2.05, 4.69) is 5.32 Å². The van der Waals surface area contributed by atoms with Crippen molar-refractivity contribution >= 4 is 53.0 Å². The molecule has 144 valence electrons. The lowest BCUT2D eigenvalue weighted by molar-refractivity contribution is -0.122. The Labute approximate surface area is 175 Å². The average Bonchev–Trinajstić information content (AvgIpc) is 3.14. The molecule has 1 N–H and O–H groups in total. The summed E-state index contributed by atoms with van der Waals surface area (Å²) in [6.07, 6.45) is 1.32. The molecule has 0 aliphatic carbocycles. The lowest BCUT2D eigenvalue weighted by Crippen LogP contribution is -2.54. The molecule has 1 aliphatic rings. The third-order valence-electron chi connectivity index (χ3n) is 4.04. The van der Waals surface area contributed by atoms with Gasteiger partial charge in [-0.3, -0.25) is 14.9 Å². The third-order valence-corrected chi connectivity index (χ3v) is 5.22. The van der Waals surface area contributed by atoms with Crippen LogP contribution in [-0.2, 0) is 9.59 Å². The molecule has 29 heavy (non-hydrogen) atoms. The first-order chi connectivity index (χ1) is 14.0. The van der Waals surface area contributed by atoms with Gasteiger partial charge >= 0.3 is 6.03 Å². The van der Waals surface area contributed by atoms with Gasteiger partial charge in [0.05, 0.1) is 5.69 Å². The van der Waals surface area contributed by atoms with E-state index in [9.17, 15) is 14.4 Å². The molecule has 2 heterocycles. The van der Waals surface area contributed by atoms with Crippen LogP contribution in [0.5, 0.6) is 0 Å². The summed E-state index contributed by atoms with van der Waals surface area (Å²) >= 11 is 7.27. The fraction of sp³-hybridized carbons (Fsp3) is 0. The molecular weight excluding hydrogens is 412 g/mol. The van der Waals surface area contributed by atoms with Crippen LogP contribution in [0.2, 0.25) is 5.02 Å². The maximum Gasteiger partial charge on any atom is 0.335 e. The van der Waals surface area contributed by atoms with Gasteiger partial charge in [-0.25, -0.2) is 9.69 Å². The molecule has 0 unspecified atom stereocenters.